The van der Waals surface area contributed by atoms with Crippen molar-refractivity contribution >= 4 is 11.6 Å². The van der Waals surface area contributed by atoms with E-state index < -0.39 is 24.6 Å². The number of benzene rings is 2. The van der Waals surface area contributed by atoms with Crippen LogP contribution >= 0.6 is 11.6 Å². The van der Waals surface area contributed by atoms with Crippen molar-refractivity contribution in [1.82, 2.24) is 0 Å². The summed E-state index contributed by atoms with van der Waals surface area (Å²) in [5.41, 5.74) is 1.47. The summed E-state index contributed by atoms with van der Waals surface area (Å²) in [4.78, 5) is 0. The average Bonchev–Trinajstić information content (AvgIpc) is 2.75. The fourth-order valence-corrected chi connectivity index (χ4v) is 2.60. The molecule has 0 spiro atoms. The lowest BCUT2D eigenvalue weighted by Crippen LogP contribution is -2.47. The molecule has 1 unspecified atom stereocenters. The molecule has 0 aliphatic rings. The van der Waals surface area contributed by atoms with Gasteiger partial charge in [0.15, 0.2) is 0 Å². The quantitative estimate of drug-likeness (QED) is 0.171. The molecule has 0 fully saturated rings. The van der Waals surface area contributed by atoms with Gasteiger partial charge in [0, 0.05) is 6.61 Å². The molecule has 1 atom stereocenters. The van der Waals surface area contributed by atoms with Gasteiger partial charge in [-0.15, -0.1) is 11.6 Å². The molecular formula is C23H27ClF4O4. The van der Waals surface area contributed by atoms with E-state index in [1.807, 2.05) is 13.8 Å². The largest absolute Gasteiger partial charge is 0.494 e. The molecule has 0 N–H and O–H groups in total. The maximum atomic E-state index is 14.0. The lowest BCUT2D eigenvalue weighted by atomic mass is 10.1. The number of alkyl halides is 5. The summed E-state index contributed by atoms with van der Waals surface area (Å²) in [7, 11) is 0. The van der Waals surface area contributed by atoms with Crippen LogP contribution in [0.1, 0.15) is 26.7 Å². The molecule has 178 valence electrons. The lowest BCUT2D eigenvalue weighted by molar-refractivity contribution is -0.408. The third kappa shape index (κ3) is 8.15. The fraction of sp³-hybridized carbons (Fsp3) is 0.478. The number of ether oxygens (including phenoxy) is 4. The number of halogens is 5. The Labute approximate surface area is 190 Å². The first-order valence-corrected chi connectivity index (χ1v) is 10.7. The van der Waals surface area contributed by atoms with E-state index in [-0.39, 0.29) is 12.0 Å². The molecule has 0 saturated heterocycles. The highest BCUT2D eigenvalue weighted by atomic mass is 35.5. The van der Waals surface area contributed by atoms with Crippen LogP contribution < -0.4 is 9.47 Å². The van der Waals surface area contributed by atoms with Gasteiger partial charge in [-0.3, -0.25) is 0 Å². The number of hydrogen-bond donors (Lipinski definition) is 0. The molecule has 0 amide bonds. The Morgan fingerprint density at radius 3 is 1.91 bits per heavy atom. The van der Waals surface area contributed by atoms with Gasteiger partial charge in [-0.25, -0.2) is 0 Å². The average molecular weight is 479 g/mol. The highest BCUT2D eigenvalue weighted by Gasteiger charge is 2.61. The number of rotatable bonds is 14. The maximum absolute atomic E-state index is 14.0. The Balaban J connectivity index is 1.92. The smallest absolute Gasteiger partial charge is 0.492 e. The molecule has 2 aromatic rings. The van der Waals surface area contributed by atoms with Crippen molar-refractivity contribution in [3.63, 3.8) is 0 Å². The van der Waals surface area contributed by atoms with Crippen molar-refractivity contribution < 1.29 is 36.5 Å². The molecule has 2 aromatic carbocycles. The maximum Gasteiger partial charge on any atom is 0.494 e. The summed E-state index contributed by atoms with van der Waals surface area (Å²) < 4.78 is 74.3. The van der Waals surface area contributed by atoms with Crippen molar-refractivity contribution in [3.05, 3.63) is 48.5 Å². The predicted molar refractivity (Wildman–Crippen MR) is 115 cm³/mol. The van der Waals surface area contributed by atoms with Crippen molar-refractivity contribution in [2.45, 2.75) is 44.3 Å². The Kier molecular flexibility index (Phi) is 10.1. The second-order valence-corrected chi connectivity index (χ2v) is 7.84. The monoisotopic (exact) mass is 478 g/mol. The van der Waals surface area contributed by atoms with Crippen LogP contribution in [0.2, 0.25) is 0 Å². The number of unbranched alkanes of at least 4 members (excludes halogenated alkanes) is 1. The van der Waals surface area contributed by atoms with Gasteiger partial charge >= 0.3 is 12.2 Å². The first-order valence-electron chi connectivity index (χ1n) is 10.3. The summed E-state index contributed by atoms with van der Waals surface area (Å²) in [6, 6.07) is 12.4. The molecule has 32 heavy (non-hydrogen) atoms. The van der Waals surface area contributed by atoms with Crippen LogP contribution in [-0.4, -0.2) is 44.0 Å². The van der Waals surface area contributed by atoms with Crippen LogP contribution in [0.15, 0.2) is 48.5 Å². The fourth-order valence-electron chi connectivity index (χ4n) is 2.54. The van der Waals surface area contributed by atoms with Crippen molar-refractivity contribution in [1.29, 1.82) is 0 Å². The molecule has 0 aliphatic heterocycles. The van der Waals surface area contributed by atoms with Crippen LogP contribution in [0.5, 0.6) is 11.5 Å². The molecule has 0 bridgehead atoms. The summed E-state index contributed by atoms with van der Waals surface area (Å²) >= 11 is 5.84. The predicted octanol–water partition coefficient (Wildman–Crippen LogP) is 6.76. The molecule has 0 heterocycles. The van der Waals surface area contributed by atoms with Crippen LogP contribution in [0, 0.1) is 0 Å². The van der Waals surface area contributed by atoms with E-state index in [9.17, 15) is 17.6 Å². The summed E-state index contributed by atoms with van der Waals surface area (Å²) in [6.45, 7) is 3.57. The third-order valence-corrected chi connectivity index (χ3v) is 4.39. The molecular weight excluding hydrogens is 452 g/mol. The molecule has 9 heteroatoms. The van der Waals surface area contributed by atoms with Crippen molar-refractivity contribution in [3.8, 4) is 22.6 Å². The SMILES string of the molecule is CCCCOCCOC(F)(F)C(F)(F)Oc1ccc(-c2ccc(OCC(C)Cl)cc2)cc1. The van der Waals surface area contributed by atoms with Gasteiger partial charge in [-0.05, 0) is 48.7 Å². The molecule has 2 rings (SSSR count). The minimum absolute atomic E-state index is 0.128. The summed E-state index contributed by atoms with van der Waals surface area (Å²) in [6.07, 6.45) is -8.04. The minimum Gasteiger partial charge on any atom is -0.492 e. The number of hydrogen-bond acceptors (Lipinski definition) is 4. The van der Waals surface area contributed by atoms with Gasteiger partial charge in [0.05, 0.1) is 18.6 Å². The van der Waals surface area contributed by atoms with E-state index in [1.54, 1.807) is 24.3 Å². The Hall–Kier alpha value is -2.03. The lowest BCUT2D eigenvalue weighted by Gasteiger charge is -2.26. The molecule has 0 aliphatic carbocycles. The Bertz CT molecular complexity index is 799. The Morgan fingerprint density at radius 2 is 1.38 bits per heavy atom. The van der Waals surface area contributed by atoms with Gasteiger partial charge in [-0.1, -0.05) is 37.6 Å². The normalized spacial score (nSPS) is 13.1. The van der Waals surface area contributed by atoms with E-state index in [0.29, 0.717) is 24.5 Å². The topological polar surface area (TPSA) is 36.9 Å². The first kappa shape index (κ1) is 26.2. The highest BCUT2D eigenvalue weighted by molar-refractivity contribution is 6.20. The molecule has 0 aromatic heterocycles. The van der Waals surface area contributed by atoms with Crippen LogP contribution in [0.3, 0.4) is 0 Å². The zero-order valence-electron chi connectivity index (χ0n) is 18.0. The first-order chi connectivity index (χ1) is 15.1. The van der Waals surface area contributed by atoms with Crippen LogP contribution in [-0.2, 0) is 9.47 Å². The summed E-state index contributed by atoms with van der Waals surface area (Å²) in [5, 5.41) is -0.128. The van der Waals surface area contributed by atoms with Gasteiger partial charge in [-0.2, -0.15) is 17.6 Å². The van der Waals surface area contributed by atoms with Crippen LogP contribution in [0.25, 0.3) is 11.1 Å². The molecule has 0 saturated carbocycles. The van der Waals surface area contributed by atoms with Crippen molar-refractivity contribution in [2.24, 2.45) is 0 Å². The van der Waals surface area contributed by atoms with Gasteiger partial charge < -0.3 is 18.9 Å². The summed E-state index contributed by atoms with van der Waals surface area (Å²) in [5.74, 6) is 0.219. The zero-order chi connectivity index (χ0) is 23.6. The van der Waals surface area contributed by atoms with E-state index in [4.69, 9.17) is 21.1 Å². The molecule has 4 nitrogen and oxygen atoms in total. The van der Waals surface area contributed by atoms with Crippen LogP contribution in [0.4, 0.5) is 17.6 Å². The van der Waals surface area contributed by atoms with Gasteiger partial charge in [0.1, 0.15) is 18.1 Å². The zero-order valence-corrected chi connectivity index (χ0v) is 18.7. The van der Waals surface area contributed by atoms with E-state index in [1.165, 1.54) is 24.3 Å². The van der Waals surface area contributed by atoms with Gasteiger partial charge in [0.2, 0.25) is 0 Å². The van der Waals surface area contributed by atoms with E-state index >= 15 is 0 Å². The van der Waals surface area contributed by atoms with E-state index in [2.05, 4.69) is 9.47 Å². The second-order valence-electron chi connectivity index (χ2n) is 7.09. The van der Waals surface area contributed by atoms with Crippen molar-refractivity contribution in [2.75, 3.05) is 26.4 Å². The minimum atomic E-state index is -4.85. The third-order valence-electron chi connectivity index (χ3n) is 4.26. The highest BCUT2D eigenvalue weighted by Crippen LogP contribution is 2.37. The van der Waals surface area contributed by atoms with E-state index in [0.717, 1.165) is 18.4 Å². The van der Waals surface area contributed by atoms with Gasteiger partial charge in [0.25, 0.3) is 0 Å². The standard InChI is InChI=1S/C23H27ClF4O4/c1-3-4-13-29-14-15-31-22(25,26)23(27,28)32-21-11-7-19(8-12-21)18-5-9-20(10-6-18)30-16-17(2)24/h5-12,17H,3-4,13-16H2,1-2H3. The second kappa shape index (κ2) is 12.3. The Morgan fingerprint density at radius 1 is 0.812 bits per heavy atom. The molecule has 0 radical (unpaired) electrons.